The van der Waals surface area contributed by atoms with Gasteiger partial charge >= 0.3 is 0 Å². The highest BCUT2D eigenvalue weighted by Crippen LogP contribution is 2.09. The molecule has 0 aromatic heterocycles. The minimum absolute atomic E-state index is 0.436. The van der Waals surface area contributed by atoms with E-state index in [4.69, 9.17) is 22.9 Å². The van der Waals surface area contributed by atoms with Crippen LogP contribution in [0.3, 0.4) is 0 Å². The maximum Gasteiger partial charge on any atom is -0.00368 e. The predicted octanol–water partition coefficient (Wildman–Crippen LogP) is -1.17. The van der Waals surface area contributed by atoms with Crippen molar-refractivity contribution in [2.45, 2.75) is 12.8 Å². The van der Waals surface area contributed by atoms with Crippen LogP contribution in [0.2, 0.25) is 0 Å². The molecular formula is C8H22N4. The monoisotopic (exact) mass is 174 g/mol. The summed E-state index contributed by atoms with van der Waals surface area (Å²) in [5, 5.41) is 0. The van der Waals surface area contributed by atoms with Gasteiger partial charge in [0.05, 0.1) is 0 Å². The van der Waals surface area contributed by atoms with Crippen molar-refractivity contribution < 1.29 is 0 Å². The van der Waals surface area contributed by atoms with Crippen molar-refractivity contribution in [1.82, 2.24) is 0 Å². The lowest BCUT2D eigenvalue weighted by atomic mass is 9.96. The van der Waals surface area contributed by atoms with Crippen molar-refractivity contribution in [2.24, 2.45) is 34.8 Å². The van der Waals surface area contributed by atoms with Crippen LogP contribution in [0.25, 0.3) is 0 Å². The van der Waals surface area contributed by atoms with Crippen LogP contribution in [0.15, 0.2) is 0 Å². The summed E-state index contributed by atoms with van der Waals surface area (Å²) in [6, 6.07) is 0. The van der Waals surface area contributed by atoms with Gasteiger partial charge in [0.15, 0.2) is 0 Å². The second kappa shape index (κ2) is 7.49. The summed E-state index contributed by atoms with van der Waals surface area (Å²) in [6.45, 7) is 2.66. The quantitative estimate of drug-likeness (QED) is 0.390. The Morgan fingerprint density at radius 3 is 1.00 bits per heavy atom. The summed E-state index contributed by atoms with van der Waals surface area (Å²) >= 11 is 0. The van der Waals surface area contributed by atoms with Crippen LogP contribution in [0.4, 0.5) is 0 Å². The fourth-order valence-corrected chi connectivity index (χ4v) is 1.14. The summed E-state index contributed by atoms with van der Waals surface area (Å²) in [6.07, 6.45) is 2.10. The van der Waals surface area contributed by atoms with E-state index in [2.05, 4.69) is 0 Å². The first-order chi connectivity index (χ1) is 5.78. The topological polar surface area (TPSA) is 104 Å². The molecule has 0 bridgehead atoms. The van der Waals surface area contributed by atoms with Gasteiger partial charge in [-0.25, -0.2) is 0 Å². The van der Waals surface area contributed by atoms with Gasteiger partial charge < -0.3 is 22.9 Å². The normalized spacial score (nSPS) is 11.5. The third-order valence-corrected chi connectivity index (χ3v) is 2.32. The van der Waals surface area contributed by atoms with Gasteiger partial charge in [0.1, 0.15) is 0 Å². The van der Waals surface area contributed by atoms with Gasteiger partial charge in [-0.1, -0.05) is 0 Å². The molecular weight excluding hydrogens is 152 g/mol. The first-order valence-electron chi connectivity index (χ1n) is 4.58. The highest BCUT2D eigenvalue weighted by Gasteiger charge is 2.08. The van der Waals surface area contributed by atoms with Crippen LogP contribution in [-0.2, 0) is 0 Å². The zero-order valence-corrected chi connectivity index (χ0v) is 7.71. The minimum Gasteiger partial charge on any atom is -0.330 e. The average Bonchev–Trinajstić information content (AvgIpc) is 2.13. The zero-order chi connectivity index (χ0) is 9.40. The predicted molar refractivity (Wildman–Crippen MR) is 52.4 cm³/mol. The summed E-state index contributed by atoms with van der Waals surface area (Å²) in [5.41, 5.74) is 22.0. The number of rotatable bonds is 7. The van der Waals surface area contributed by atoms with Crippen molar-refractivity contribution in [2.75, 3.05) is 26.2 Å². The number of hydrogen-bond donors (Lipinski definition) is 4. The lowest BCUT2D eigenvalue weighted by Crippen LogP contribution is -2.27. The summed E-state index contributed by atoms with van der Waals surface area (Å²) in [4.78, 5) is 0. The Hall–Kier alpha value is -0.160. The Morgan fingerprint density at radius 2 is 0.833 bits per heavy atom. The highest BCUT2D eigenvalue weighted by molar-refractivity contribution is 4.66. The second-order valence-corrected chi connectivity index (χ2v) is 3.25. The molecule has 0 unspecified atom stereocenters. The molecule has 0 saturated heterocycles. The molecule has 0 spiro atoms. The highest BCUT2D eigenvalue weighted by atomic mass is 14.6. The van der Waals surface area contributed by atoms with E-state index in [1.807, 2.05) is 0 Å². The van der Waals surface area contributed by atoms with Gasteiger partial charge in [-0.2, -0.15) is 0 Å². The van der Waals surface area contributed by atoms with E-state index in [0.29, 0.717) is 38.0 Å². The second-order valence-electron chi connectivity index (χ2n) is 3.25. The Bertz CT molecular complexity index is 77.1. The standard InChI is InChI=1S/C8H22N4/c9-3-7(4-10)1-2-8(5-11)6-12/h7-8H,1-6,9-12H2. The average molecular weight is 174 g/mol. The summed E-state index contributed by atoms with van der Waals surface area (Å²) in [7, 11) is 0. The Balaban J connectivity index is 3.49. The van der Waals surface area contributed by atoms with Crippen LogP contribution < -0.4 is 22.9 Å². The third-order valence-electron chi connectivity index (χ3n) is 2.32. The van der Waals surface area contributed by atoms with E-state index in [9.17, 15) is 0 Å². The van der Waals surface area contributed by atoms with Crippen molar-refractivity contribution in [1.29, 1.82) is 0 Å². The molecule has 12 heavy (non-hydrogen) atoms. The number of nitrogens with two attached hydrogens (primary N) is 4. The smallest absolute Gasteiger partial charge is 0.00368 e. The first kappa shape index (κ1) is 11.8. The van der Waals surface area contributed by atoms with E-state index in [-0.39, 0.29) is 0 Å². The molecule has 0 aliphatic heterocycles. The first-order valence-corrected chi connectivity index (χ1v) is 4.58. The molecule has 0 radical (unpaired) electrons. The maximum absolute atomic E-state index is 5.51. The summed E-state index contributed by atoms with van der Waals surface area (Å²) in [5.74, 6) is 0.871. The van der Waals surface area contributed by atoms with E-state index >= 15 is 0 Å². The van der Waals surface area contributed by atoms with Crippen molar-refractivity contribution in [3.63, 3.8) is 0 Å². The van der Waals surface area contributed by atoms with Crippen molar-refractivity contribution in [3.05, 3.63) is 0 Å². The Kier molecular flexibility index (Phi) is 7.39. The van der Waals surface area contributed by atoms with Gasteiger partial charge in [-0.15, -0.1) is 0 Å². The Labute approximate surface area is 74.7 Å². The van der Waals surface area contributed by atoms with Crippen LogP contribution >= 0.6 is 0 Å². The lowest BCUT2D eigenvalue weighted by Gasteiger charge is -2.16. The van der Waals surface area contributed by atoms with Crippen LogP contribution in [0.5, 0.6) is 0 Å². The van der Waals surface area contributed by atoms with Crippen LogP contribution in [-0.4, -0.2) is 26.2 Å². The lowest BCUT2D eigenvalue weighted by molar-refractivity contribution is 0.411. The molecule has 0 aliphatic carbocycles. The fourth-order valence-electron chi connectivity index (χ4n) is 1.14. The van der Waals surface area contributed by atoms with Gasteiger partial charge in [0.2, 0.25) is 0 Å². The SMILES string of the molecule is NCC(CN)CCC(CN)CN. The molecule has 4 nitrogen and oxygen atoms in total. The molecule has 0 aliphatic rings. The fraction of sp³-hybridized carbons (Fsp3) is 1.00. The molecule has 0 rings (SSSR count). The zero-order valence-electron chi connectivity index (χ0n) is 7.71. The molecule has 0 aromatic carbocycles. The molecule has 0 fully saturated rings. The van der Waals surface area contributed by atoms with Crippen molar-refractivity contribution in [3.8, 4) is 0 Å². The summed E-state index contributed by atoms with van der Waals surface area (Å²) < 4.78 is 0. The molecule has 0 atom stereocenters. The third kappa shape index (κ3) is 4.66. The molecule has 0 saturated carbocycles. The van der Waals surface area contributed by atoms with E-state index in [0.717, 1.165) is 12.8 Å². The largest absolute Gasteiger partial charge is 0.330 e. The van der Waals surface area contributed by atoms with Gasteiger partial charge in [0, 0.05) is 0 Å². The van der Waals surface area contributed by atoms with E-state index in [1.165, 1.54) is 0 Å². The maximum atomic E-state index is 5.51. The number of hydrogen-bond acceptors (Lipinski definition) is 4. The van der Waals surface area contributed by atoms with Gasteiger partial charge in [-0.05, 0) is 50.9 Å². The van der Waals surface area contributed by atoms with Crippen LogP contribution in [0, 0.1) is 11.8 Å². The minimum atomic E-state index is 0.436. The van der Waals surface area contributed by atoms with E-state index < -0.39 is 0 Å². The molecule has 0 amide bonds. The molecule has 0 heterocycles. The van der Waals surface area contributed by atoms with Gasteiger partial charge in [-0.3, -0.25) is 0 Å². The van der Waals surface area contributed by atoms with Gasteiger partial charge in [0.25, 0.3) is 0 Å². The molecule has 74 valence electrons. The van der Waals surface area contributed by atoms with Crippen LogP contribution in [0.1, 0.15) is 12.8 Å². The van der Waals surface area contributed by atoms with E-state index in [1.54, 1.807) is 0 Å². The van der Waals surface area contributed by atoms with Crippen molar-refractivity contribution >= 4 is 0 Å². The Morgan fingerprint density at radius 1 is 0.583 bits per heavy atom. The molecule has 4 heteroatoms. The molecule has 0 aromatic rings. The molecule has 8 N–H and O–H groups in total.